The minimum Gasteiger partial charge on any atom is -0.351 e. The van der Waals surface area contributed by atoms with Crippen molar-refractivity contribution in [1.29, 1.82) is 0 Å². The minimum absolute atomic E-state index is 0.691. The van der Waals surface area contributed by atoms with Crippen molar-refractivity contribution in [2.24, 2.45) is 0 Å². The zero-order chi connectivity index (χ0) is 11.0. The van der Waals surface area contributed by atoms with E-state index in [2.05, 4.69) is 46.7 Å². The van der Waals surface area contributed by atoms with Crippen molar-refractivity contribution < 1.29 is 0 Å². The summed E-state index contributed by atoms with van der Waals surface area (Å²) in [6.45, 7) is 3.78. The molecule has 0 bridgehead atoms. The van der Waals surface area contributed by atoms with Gasteiger partial charge in [-0.05, 0) is 26.4 Å². The van der Waals surface area contributed by atoms with Crippen molar-refractivity contribution in [2.45, 2.75) is 0 Å². The summed E-state index contributed by atoms with van der Waals surface area (Å²) in [7, 11) is 0. The molecule has 84 valence electrons. The largest absolute Gasteiger partial charge is 0.351 e. The van der Waals surface area contributed by atoms with Gasteiger partial charge >= 0.3 is 0 Å². The van der Waals surface area contributed by atoms with Gasteiger partial charge in [-0.2, -0.15) is 4.52 Å². The van der Waals surface area contributed by atoms with E-state index in [0.29, 0.717) is 5.65 Å². The van der Waals surface area contributed by atoms with Gasteiger partial charge in [-0.1, -0.05) is 0 Å². The summed E-state index contributed by atoms with van der Waals surface area (Å²) in [5.74, 6) is 0.842. The third-order valence-corrected chi connectivity index (χ3v) is 3.12. The number of hydrogen-bond acceptors (Lipinski definition) is 6. The van der Waals surface area contributed by atoms with Crippen LogP contribution in [-0.4, -0.2) is 51.2 Å². The lowest BCUT2D eigenvalue weighted by Gasteiger charge is -2.28. The summed E-state index contributed by atoms with van der Waals surface area (Å²) in [4.78, 5) is 6.58. The van der Waals surface area contributed by atoms with Gasteiger partial charge < -0.3 is 10.2 Å². The lowest BCUT2D eigenvalue weighted by molar-refractivity contribution is 0.585. The monoisotopic (exact) mass is 283 g/mol. The Morgan fingerprint density at radius 2 is 2.12 bits per heavy atom. The zero-order valence-corrected chi connectivity index (χ0v) is 10.1. The summed E-state index contributed by atoms with van der Waals surface area (Å²) < 4.78 is 2.40. The van der Waals surface area contributed by atoms with Crippen LogP contribution < -0.4 is 10.2 Å². The van der Waals surface area contributed by atoms with Gasteiger partial charge in [-0.3, -0.25) is 0 Å². The van der Waals surface area contributed by atoms with Crippen molar-refractivity contribution in [2.75, 3.05) is 31.1 Å². The molecule has 1 aliphatic rings. The van der Waals surface area contributed by atoms with Gasteiger partial charge in [0.05, 0.1) is 6.20 Å². The Morgan fingerprint density at radius 3 is 2.94 bits per heavy atom. The van der Waals surface area contributed by atoms with Gasteiger partial charge in [0.15, 0.2) is 5.82 Å². The van der Waals surface area contributed by atoms with Gasteiger partial charge in [0, 0.05) is 26.2 Å². The summed E-state index contributed by atoms with van der Waals surface area (Å²) >= 11 is 3.36. The highest BCUT2D eigenvalue weighted by Crippen LogP contribution is 2.19. The Morgan fingerprint density at radius 1 is 1.31 bits per heavy atom. The number of aromatic nitrogens is 5. The van der Waals surface area contributed by atoms with Crippen LogP contribution >= 0.6 is 15.9 Å². The fourth-order valence-corrected chi connectivity index (χ4v) is 2.14. The summed E-state index contributed by atoms with van der Waals surface area (Å²) in [6, 6.07) is 0. The topological polar surface area (TPSA) is 71.2 Å². The molecule has 0 aromatic carbocycles. The summed E-state index contributed by atoms with van der Waals surface area (Å²) in [5.41, 5.74) is 0.691. The second-order valence-electron chi connectivity index (χ2n) is 3.56. The fourth-order valence-electron chi connectivity index (χ4n) is 1.80. The molecule has 16 heavy (non-hydrogen) atoms. The Labute approximate surface area is 100.0 Å². The first-order valence-electron chi connectivity index (χ1n) is 5.04. The highest BCUT2D eigenvalue weighted by Gasteiger charge is 2.17. The summed E-state index contributed by atoms with van der Waals surface area (Å²) in [5, 5.41) is 14.9. The minimum atomic E-state index is 0.691. The van der Waals surface area contributed by atoms with E-state index in [-0.39, 0.29) is 0 Å². The molecule has 3 rings (SSSR count). The number of anilines is 1. The molecule has 1 fully saturated rings. The van der Waals surface area contributed by atoms with Crippen LogP contribution in [0, 0.1) is 0 Å². The highest BCUT2D eigenvalue weighted by molar-refractivity contribution is 9.10. The van der Waals surface area contributed by atoms with Crippen molar-refractivity contribution >= 4 is 27.4 Å². The fraction of sp³-hybridized carbons (Fsp3) is 0.500. The van der Waals surface area contributed by atoms with E-state index in [1.807, 2.05) is 0 Å². The number of fused-ring (bicyclic) bond motifs is 1. The van der Waals surface area contributed by atoms with Crippen LogP contribution in [0.15, 0.2) is 10.8 Å². The molecule has 1 aliphatic heterocycles. The number of halogens is 1. The first-order valence-corrected chi connectivity index (χ1v) is 5.84. The maximum atomic E-state index is 4.39. The van der Waals surface area contributed by atoms with E-state index < -0.39 is 0 Å². The number of tetrazole rings is 1. The zero-order valence-electron chi connectivity index (χ0n) is 8.47. The SMILES string of the molecule is Brc1cnc(N2CCNCC2)c2nnnn12. The maximum absolute atomic E-state index is 4.39. The molecule has 8 heteroatoms. The number of nitrogens with zero attached hydrogens (tertiary/aromatic N) is 6. The van der Waals surface area contributed by atoms with Gasteiger partial charge in [0.1, 0.15) is 4.60 Å². The van der Waals surface area contributed by atoms with Crippen LogP contribution in [0.1, 0.15) is 0 Å². The maximum Gasteiger partial charge on any atom is 0.223 e. The van der Waals surface area contributed by atoms with Crippen LogP contribution in [-0.2, 0) is 0 Å². The molecule has 2 aromatic heterocycles. The highest BCUT2D eigenvalue weighted by atomic mass is 79.9. The number of nitrogens with one attached hydrogen (secondary N) is 1. The Kier molecular flexibility index (Phi) is 2.44. The van der Waals surface area contributed by atoms with Gasteiger partial charge in [0.2, 0.25) is 5.65 Å². The average molecular weight is 284 g/mol. The van der Waals surface area contributed by atoms with Crippen molar-refractivity contribution in [1.82, 2.24) is 30.3 Å². The molecule has 3 heterocycles. The van der Waals surface area contributed by atoms with E-state index in [0.717, 1.165) is 36.6 Å². The molecule has 1 saturated heterocycles. The molecule has 0 spiro atoms. The summed E-state index contributed by atoms with van der Waals surface area (Å²) in [6.07, 6.45) is 1.72. The molecular formula is C8H10BrN7. The standard InChI is InChI=1S/C8H10BrN7/c9-6-5-11-7(8-12-13-14-16(6)8)15-3-1-10-2-4-15/h5,10H,1-4H2. The molecule has 0 radical (unpaired) electrons. The molecule has 0 atom stereocenters. The van der Waals surface area contributed by atoms with Gasteiger partial charge in [-0.25, -0.2) is 4.98 Å². The second-order valence-corrected chi connectivity index (χ2v) is 4.37. The third kappa shape index (κ3) is 1.54. The number of rotatable bonds is 1. The van der Waals surface area contributed by atoms with Crippen molar-refractivity contribution in [3.05, 3.63) is 10.8 Å². The molecule has 2 aromatic rings. The Bertz CT molecular complexity index is 504. The van der Waals surface area contributed by atoms with E-state index in [1.165, 1.54) is 0 Å². The molecule has 1 N–H and O–H groups in total. The van der Waals surface area contributed by atoms with Gasteiger partial charge in [-0.15, -0.1) is 5.10 Å². The van der Waals surface area contributed by atoms with Crippen molar-refractivity contribution in [3.8, 4) is 0 Å². The van der Waals surface area contributed by atoms with Crippen LogP contribution in [0.3, 0.4) is 0 Å². The lowest BCUT2D eigenvalue weighted by Crippen LogP contribution is -2.44. The smallest absolute Gasteiger partial charge is 0.223 e. The average Bonchev–Trinajstić information content (AvgIpc) is 2.81. The Balaban J connectivity index is 2.08. The molecular weight excluding hydrogens is 274 g/mol. The van der Waals surface area contributed by atoms with Crippen LogP contribution in [0.2, 0.25) is 0 Å². The quantitative estimate of drug-likeness (QED) is 0.774. The molecule has 0 amide bonds. The molecule has 0 saturated carbocycles. The molecule has 0 aliphatic carbocycles. The second kappa shape index (κ2) is 3.95. The van der Waals surface area contributed by atoms with E-state index >= 15 is 0 Å². The molecule has 7 nitrogen and oxygen atoms in total. The lowest BCUT2D eigenvalue weighted by atomic mass is 10.3. The predicted octanol–water partition coefficient (Wildman–Crippen LogP) is -0.309. The first kappa shape index (κ1) is 9.91. The third-order valence-electron chi connectivity index (χ3n) is 2.58. The molecule has 0 unspecified atom stereocenters. The predicted molar refractivity (Wildman–Crippen MR) is 61.4 cm³/mol. The van der Waals surface area contributed by atoms with Gasteiger partial charge in [0.25, 0.3) is 0 Å². The number of piperazine rings is 1. The van der Waals surface area contributed by atoms with E-state index in [4.69, 9.17) is 0 Å². The van der Waals surface area contributed by atoms with E-state index in [1.54, 1.807) is 10.7 Å². The van der Waals surface area contributed by atoms with Crippen LogP contribution in [0.25, 0.3) is 5.65 Å². The van der Waals surface area contributed by atoms with E-state index in [9.17, 15) is 0 Å². The van der Waals surface area contributed by atoms with Crippen molar-refractivity contribution in [3.63, 3.8) is 0 Å². The van der Waals surface area contributed by atoms with Crippen LogP contribution in [0.4, 0.5) is 5.82 Å². The normalized spacial score (nSPS) is 16.9. The van der Waals surface area contributed by atoms with Crippen LogP contribution in [0.5, 0.6) is 0 Å². The Hall–Kier alpha value is -1.28. The number of hydrogen-bond donors (Lipinski definition) is 1. The first-order chi connectivity index (χ1) is 7.86.